The van der Waals surface area contributed by atoms with Crippen LogP contribution in [-0.4, -0.2) is 40.7 Å². The Morgan fingerprint density at radius 1 is 1.38 bits per heavy atom. The van der Waals surface area contributed by atoms with Gasteiger partial charge in [0.05, 0.1) is 0 Å². The average Bonchev–Trinajstić information content (AvgIpc) is 2.17. The van der Waals surface area contributed by atoms with Gasteiger partial charge in [0.1, 0.15) is 11.3 Å². The Kier molecular flexibility index (Phi) is 3.10. The predicted molar refractivity (Wildman–Crippen MR) is 59.8 cm³/mol. The molecule has 2 rings (SSSR count). The lowest BCUT2D eigenvalue weighted by Gasteiger charge is -2.30. The second-order valence-electron chi connectivity index (χ2n) is 4.10. The van der Waals surface area contributed by atoms with E-state index < -0.39 is 5.97 Å². The largest absolute Gasteiger partial charge is 0.507 e. The minimum Gasteiger partial charge on any atom is -0.507 e. The summed E-state index contributed by atoms with van der Waals surface area (Å²) in [6.45, 7) is 3.25. The van der Waals surface area contributed by atoms with Gasteiger partial charge < -0.3 is 15.1 Å². The summed E-state index contributed by atoms with van der Waals surface area (Å²) in [6.07, 6.45) is 2.09. The van der Waals surface area contributed by atoms with E-state index in [0.29, 0.717) is 0 Å². The molecule has 86 valence electrons. The summed E-state index contributed by atoms with van der Waals surface area (Å²) in [6, 6.07) is 4.79. The number of hydrogen-bond acceptors (Lipinski definition) is 3. The number of likely N-dealkylation sites (tertiary alicyclic amines) is 1. The molecule has 1 aliphatic heterocycles. The third-order valence-electron chi connectivity index (χ3n) is 2.96. The fourth-order valence-electron chi connectivity index (χ4n) is 1.80. The van der Waals surface area contributed by atoms with Gasteiger partial charge in [-0.25, -0.2) is 4.79 Å². The Labute approximate surface area is 94.1 Å². The van der Waals surface area contributed by atoms with Crippen LogP contribution in [0.15, 0.2) is 18.2 Å². The molecule has 0 radical (unpaired) electrons. The van der Waals surface area contributed by atoms with Crippen LogP contribution >= 0.6 is 0 Å². The summed E-state index contributed by atoms with van der Waals surface area (Å²) in [4.78, 5) is 13.1. The van der Waals surface area contributed by atoms with Crippen LogP contribution in [0.5, 0.6) is 5.75 Å². The van der Waals surface area contributed by atoms with Gasteiger partial charge in [0.2, 0.25) is 0 Å². The second-order valence-corrected chi connectivity index (χ2v) is 4.10. The van der Waals surface area contributed by atoms with Crippen molar-refractivity contribution in [2.75, 3.05) is 19.6 Å². The van der Waals surface area contributed by atoms with Crippen LogP contribution in [0, 0.1) is 0 Å². The molecule has 2 N–H and O–H groups in total. The Hall–Kier alpha value is -1.55. The van der Waals surface area contributed by atoms with Gasteiger partial charge in [-0.05, 0) is 43.6 Å². The van der Waals surface area contributed by atoms with Crippen LogP contribution in [0.1, 0.15) is 22.3 Å². The number of hydrogen-bond donors (Lipinski definition) is 2. The first kappa shape index (κ1) is 11.0. The molecule has 1 saturated heterocycles. The molecule has 1 fully saturated rings. The number of aromatic carboxylic acids is 1. The summed E-state index contributed by atoms with van der Waals surface area (Å²) in [5, 5.41) is 18.2. The van der Waals surface area contributed by atoms with Crippen molar-refractivity contribution in [1.82, 2.24) is 4.90 Å². The van der Waals surface area contributed by atoms with Crippen LogP contribution in [0.4, 0.5) is 0 Å². The van der Waals surface area contributed by atoms with E-state index in [1.807, 2.05) is 0 Å². The fraction of sp³-hybridized carbons (Fsp3) is 0.417. The maximum absolute atomic E-state index is 10.8. The molecule has 1 heterocycles. The van der Waals surface area contributed by atoms with Crippen LogP contribution < -0.4 is 0 Å². The highest BCUT2D eigenvalue weighted by molar-refractivity contribution is 5.90. The molecule has 4 heteroatoms. The zero-order valence-corrected chi connectivity index (χ0v) is 9.02. The number of phenols is 1. The highest BCUT2D eigenvalue weighted by Gasteiger charge is 2.14. The molecule has 0 spiro atoms. The Balaban J connectivity index is 2.03. The molecular weight excluding hydrogens is 206 g/mol. The highest BCUT2D eigenvalue weighted by Crippen LogP contribution is 2.19. The number of carbonyl (C=O) groups is 1. The van der Waals surface area contributed by atoms with Crippen LogP contribution in [0.2, 0.25) is 0 Å². The van der Waals surface area contributed by atoms with E-state index in [0.717, 1.165) is 31.6 Å². The topological polar surface area (TPSA) is 60.8 Å². The number of benzene rings is 1. The first-order valence-electron chi connectivity index (χ1n) is 5.44. The van der Waals surface area contributed by atoms with E-state index in [2.05, 4.69) is 4.90 Å². The second kappa shape index (κ2) is 4.53. The summed E-state index contributed by atoms with van der Waals surface area (Å²) < 4.78 is 0. The Bertz CT molecular complexity index is 399. The molecular formula is C12H15NO3. The molecule has 1 aromatic carbocycles. The van der Waals surface area contributed by atoms with Gasteiger partial charge in [-0.1, -0.05) is 6.07 Å². The lowest BCUT2D eigenvalue weighted by atomic mass is 10.1. The molecule has 1 aromatic rings. The maximum Gasteiger partial charge on any atom is 0.339 e. The minimum atomic E-state index is -1.08. The van der Waals surface area contributed by atoms with Crippen molar-refractivity contribution in [1.29, 1.82) is 0 Å². The van der Waals surface area contributed by atoms with E-state index in [-0.39, 0.29) is 11.3 Å². The van der Waals surface area contributed by atoms with Gasteiger partial charge in [-0.15, -0.1) is 0 Å². The monoisotopic (exact) mass is 221 g/mol. The summed E-state index contributed by atoms with van der Waals surface area (Å²) in [5.74, 6) is -1.25. The Morgan fingerprint density at radius 3 is 2.69 bits per heavy atom. The molecule has 0 bridgehead atoms. The zero-order chi connectivity index (χ0) is 11.5. The van der Waals surface area contributed by atoms with Crippen LogP contribution in [0.25, 0.3) is 0 Å². The quantitative estimate of drug-likeness (QED) is 0.805. The minimum absolute atomic E-state index is 0.0129. The zero-order valence-electron chi connectivity index (χ0n) is 9.02. The molecule has 1 aliphatic rings. The summed E-state index contributed by atoms with van der Waals surface area (Å²) in [5.41, 5.74) is 0.947. The van der Waals surface area contributed by atoms with Gasteiger partial charge in [-0.3, -0.25) is 0 Å². The summed E-state index contributed by atoms with van der Waals surface area (Å²) in [7, 11) is 0. The van der Waals surface area contributed by atoms with Gasteiger partial charge in [0.15, 0.2) is 0 Å². The van der Waals surface area contributed by atoms with Crippen molar-refractivity contribution < 1.29 is 15.0 Å². The number of nitrogens with zero attached hydrogens (tertiary/aromatic N) is 1. The van der Waals surface area contributed by atoms with Gasteiger partial charge in [0.25, 0.3) is 0 Å². The van der Waals surface area contributed by atoms with E-state index >= 15 is 0 Å². The molecule has 4 nitrogen and oxygen atoms in total. The van der Waals surface area contributed by atoms with Gasteiger partial charge >= 0.3 is 5.97 Å². The summed E-state index contributed by atoms with van der Waals surface area (Å²) >= 11 is 0. The third kappa shape index (κ3) is 2.33. The molecule has 0 amide bonds. The SMILES string of the molecule is O=C(O)c1cc(CCN2CCC2)ccc1O. The molecule has 0 atom stereocenters. The van der Waals surface area contributed by atoms with Crippen LogP contribution in [-0.2, 0) is 6.42 Å². The standard InChI is InChI=1S/C12H15NO3/c14-11-3-2-9(8-10(11)12(15)16)4-7-13-5-1-6-13/h2-3,8,14H,1,4-7H2,(H,15,16). The van der Waals surface area contributed by atoms with E-state index in [1.54, 1.807) is 12.1 Å². The number of carboxylic acids is 1. The maximum atomic E-state index is 10.8. The normalized spacial score (nSPS) is 15.8. The number of aromatic hydroxyl groups is 1. The van der Waals surface area contributed by atoms with Crippen molar-refractivity contribution >= 4 is 5.97 Å². The first-order chi connectivity index (χ1) is 7.66. The molecule has 0 saturated carbocycles. The molecule has 0 aromatic heterocycles. The van der Waals surface area contributed by atoms with Crippen molar-refractivity contribution in [2.45, 2.75) is 12.8 Å². The molecule has 16 heavy (non-hydrogen) atoms. The van der Waals surface area contributed by atoms with E-state index in [9.17, 15) is 9.90 Å². The van der Waals surface area contributed by atoms with Gasteiger partial charge in [0, 0.05) is 6.54 Å². The fourth-order valence-corrected chi connectivity index (χ4v) is 1.80. The van der Waals surface area contributed by atoms with Crippen LogP contribution in [0.3, 0.4) is 0 Å². The van der Waals surface area contributed by atoms with Crippen molar-refractivity contribution in [3.05, 3.63) is 29.3 Å². The van der Waals surface area contributed by atoms with E-state index in [4.69, 9.17) is 5.11 Å². The molecule has 0 unspecified atom stereocenters. The van der Waals surface area contributed by atoms with Crippen molar-refractivity contribution in [3.63, 3.8) is 0 Å². The number of rotatable bonds is 4. The van der Waals surface area contributed by atoms with Crippen molar-refractivity contribution in [3.8, 4) is 5.75 Å². The lowest BCUT2D eigenvalue weighted by Crippen LogP contribution is -2.38. The third-order valence-corrected chi connectivity index (χ3v) is 2.96. The Morgan fingerprint density at radius 2 is 2.12 bits per heavy atom. The molecule has 0 aliphatic carbocycles. The number of carboxylic acid groups (broad SMARTS) is 1. The van der Waals surface area contributed by atoms with Gasteiger partial charge in [-0.2, -0.15) is 0 Å². The first-order valence-corrected chi connectivity index (χ1v) is 5.44. The predicted octanol–water partition coefficient (Wildman–Crippen LogP) is 1.34. The van der Waals surface area contributed by atoms with Crippen molar-refractivity contribution in [2.24, 2.45) is 0 Å². The lowest BCUT2D eigenvalue weighted by molar-refractivity contribution is 0.0693. The smallest absolute Gasteiger partial charge is 0.339 e. The van der Waals surface area contributed by atoms with E-state index in [1.165, 1.54) is 12.5 Å². The average molecular weight is 221 g/mol. The highest BCUT2D eigenvalue weighted by atomic mass is 16.4.